The van der Waals surface area contributed by atoms with Gasteiger partial charge in [-0.25, -0.2) is 0 Å². The zero-order chi connectivity index (χ0) is 13.8. The number of nitriles is 1. The average Bonchev–Trinajstić information content (AvgIpc) is 2.43. The molecule has 7 heteroatoms. The number of anilines is 1. The lowest BCUT2D eigenvalue weighted by Gasteiger charge is -2.15. The normalized spacial score (nSPS) is 11.7. The van der Waals surface area contributed by atoms with Crippen LogP contribution < -0.4 is 5.32 Å². The molecule has 1 unspecified atom stereocenters. The van der Waals surface area contributed by atoms with Crippen LogP contribution in [0.1, 0.15) is 24.1 Å². The first-order chi connectivity index (χ1) is 9.10. The quantitative estimate of drug-likeness (QED) is 0.940. The van der Waals surface area contributed by atoms with Crippen molar-refractivity contribution in [1.29, 1.82) is 5.26 Å². The summed E-state index contributed by atoms with van der Waals surface area (Å²) in [6.07, 6.45) is 0. The van der Waals surface area contributed by atoms with Crippen molar-refractivity contribution in [2.24, 2.45) is 0 Å². The fourth-order valence-corrected chi connectivity index (χ4v) is 1.78. The monoisotopic (exact) mass is 293 g/mol. The van der Waals surface area contributed by atoms with Crippen molar-refractivity contribution in [2.75, 3.05) is 5.32 Å². The van der Waals surface area contributed by atoms with Gasteiger partial charge in [-0.3, -0.25) is 0 Å². The van der Waals surface area contributed by atoms with Gasteiger partial charge < -0.3 is 5.32 Å². The predicted molar refractivity (Wildman–Crippen MR) is 73.0 cm³/mol. The van der Waals surface area contributed by atoms with E-state index in [2.05, 4.69) is 26.6 Å². The van der Waals surface area contributed by atoms with Crippen LogP contribution >= 0.6 is 23.2 Å². The maximum Gasteiger partial charge on any atom is 0.245 e. The minimum Gasteiger partial charge on any atom is -0.361 e. The Morgan fingerprint density at radius 1 is 1.21 bits per heavy atom. The molecule has 0 aliphatic carbocycles. The lowest BCUT2D eigenvalue weighted by Crippen LogP contribution is -2.09. The molecule has 1 atom stereocenters. The zero-order valence-corrected chi connectivity index (χ0v) is 11.4. The van der Waals surface area contributed by atoms with Crippen molar-refractivity contribution < 1.29 is 0 Å². The van der Waals surface area contributed by atoms with Crippen molar-refractivity contribution in [3.63, 3.8) is 0 Å². The highest BCUT2D eigenvalue weighted by molar-refractivity contribution is 6.32. The van der Waals surface area contributed by atoms with E-state index < -0.39 is 0 Å². The Hall–Kier alpha value is -1.90. The van der Waals surface area contributed by atoms with Gasteiger partial charge in [0.1, 0.15) is 0 Å². The maximum atomic E-state index is 8.75. The van der Waals surface area contributed by atoms with Crippen molar-refractivity contribution >= 4 is 29.0 Å². The minimum atomic E-state index is -0.0574. The number of nitrogens with one attached hydrogen (secondary N) is 1. The third-order valence-electron chi connectivity index (χ3n) is 2.51. The third-order valence-corrected chi connectivity index (χ3v) is 2.93. The molecular formula is C12H9Cl2N5. The van der Waals surface area contributed by atoms with Gasteiger partial charge >= 0.3 is 0 Å². The first kappa shape index (κ1) is 13.5. The number of rotatable bonds is 3. The molecule has 0 bridgehead atoms. The number of hydrogen-bond acceptors (Lipinski definition) is 5. The minimum absolute atomic E-state index is 0.0268. The Bertz CT molecular complexity index is 621. The molecule has 0 radical (unpaired) electrons. The number of benzene rings is 1. The SMILES string of the molecule is CC(Nc1nc(Cl)nnc1Cl)c1ccc(C#N)cc1. The van der Waals surface area contributed by atoms with Gasteiger partial charge in [-0.15, -0.1) is 10.2 Å². The van der Waals surface area contributed by atoms with Crippen LogP contribution in [0.5, 0.6) is 0 Å². The van der Waals surface area contributed by atoms with Gasteiger partial charge in [-0.05, 0) is 36.2 Å². The van der Waals surface area contributed by atoms with Gasteiger partial charge in [-0.2, -0.15) is 10.2 Å². The number of hydrogen-bond donors (Lipinski definition) is 1. The highest BCUT2D eigenvalue weighted by Crippen LogP contribution is 2.23. The lowest BCUT2D eigenvalue weighted by atomic mass is 10.1. The standard InChI is InChI=1S/C12H9Cl2N5/c1-7(9-4-2-8(6-15)3-5-9)16-11-10(13)18-19-12(14)17-11/h2-5,7H,1H3,(H,16,17,19). The van der Waals surface area contributed by atoms with E-state index in [4.69, 9.17) is 28.5 Å². The van der Waals surface area contributed by atoms with Gasteiger partial charge in [0.15, 0.2) is 11.0 Å². The number of nitrogens with zero attached hydrogens (tertiary/aromatic N) is 4. The highest BCUT2D eigenvalue weighted by Gasteiger charge is 2.11. The predicted octanol–water partition coefficient (Wildman–Crippen LogP) is 3.22. The van der Waals surface area contributed by atoms with Crippen LogP contribution in [-0.2, 0) is 0 Å². The fourth-order valence-electron chi connectivity index (χ4n) is 1.52. The van der Waals surface area contributed by atoms with Crippen LogP contribution in [0.4, 0.5) is 5.82 Å². The molecule has 1 heterocycles. The number of halogens is 2. The van der Waals surface area contributed by atoms with Gasteiger partial charge in [0.25, 0.3) is 0 Å². The van der Waals surface area contributed by atoms with E-state index in [-0.39, 0.29) is 16.5 Å². The average molecular weight is 294 g/mol. The molecule has 0 spiro atoms. The van der Waals surface area contributed by atoms with Gasteiger partial charge in [0.05, 0.1) is 17.7 Å². The molecule has 0 aliphatic heterocycles. The van der Waals surface area contributed by atoms with Crippen molar-refractivity contribution in [3.8, 4) is 6.07 Å². The van der Waals surface area contributed by atoms with Crippen LogP contribution in [0.15, 0.2) is 24.3 Å². The fraction of sp³-hybridized carbons (Fsp3) is 0.167. The summed E-state index contributed by atoms with van der Waals surface area (Å²) in [6, 6.07) is 9.24. The second-order valence-electron chi connectivity index (χ2n) is 3.82. The molecule has 19 heavy (non-hydrogen) atoms. The second-order valence-corrected chi connectivity index (χ2v) is 4.52. The summed E-state index contributed by atoms with van der Waals surface area (Å²) < 4.78 is 0. The Morgan fingerprint density at radius 2 is 1.89 bits per heavy atom. The summed E-state index contributed by atoms with van der Waals surface area (Å²) in [5, 5.41) is 19.2. The molecule has 0 aliphatic rings. The summed E-state index contributed by atoms with van der Waals surface area (Å²) in [5.41, 5.74) is 1.60. The van der Waals surface area contributed by atoms with E-state index >= 15 is 0 Å². The maximum absolute atomic E-state index is 8.75. The Kier molecular flexibility index (Phi) is 4.15. The van der Waals surface area contributed by atoms with Crippen LogP contribution in [-0.4, -0.2) is 15.2 Å². The smallest absolute Gasteiger partial charge is 0.245 e. The van der Waals surface area contributed by atoms with E-state index in [0.29, 0.717) is 11.4 Å². The topological polar surface area (TPSA) is 74.5 Å². The molecule has 0 saturated heterocycles. The van der Waals surface area contributed by atoms with Gasteiger partial charge in [0.2, 0.25) is 5.28 Å². The molecule has 5 nitrogen and oxygen atoms in total. The summed E-state index contributed by atoms with van der Waals surface area (Å²) >= 11 is 11.5. The van der Waals surface area contributed by atoms with Crippen molar-refractivity contribution in [2.45, 2.75) is 13.0 Å². The number of aromatic nitrogens is 3. The zero-order valence-electron chi connectivity index (χ0n) is 9.93. The Morgan fingerprint density at radius 3 is 2.53 bits per heavy atom. The van der Waals surface area contributed by atoms with E-state index in [1.54, 1.807) is 12.1 Å². The second kappa shape index (κ2) is 5.83. The Balaban J connectivity index is 2.18. The summed E-state index contributed by atoms with van der Waals surface area (Å²) in [5.74, 6) is 0.374. The first-order valence-corrected chi connectivity index (χ1v) is 6.18. The van der Waals surface area contributed by atoms with Crippen molar-refractivity contribution in [1.82, 2.24) is 15.2 Å². The largest absolute Gasteiger partial charge is 0.361 e. The highest BCUT2D eigenvalue weighted by atomic mass is 35.5. The molecule has 0 amide bonds. The Labute approximate surface area is 120 Å². The molecule has 1 aromatic carbocycles. The molecule has 96 valence electrons. The van der Waals surface area contributed by atoms with E-state index in [1.165, 1.54) is 0 Å². The molecule has 1 aromatic heterocycles. The molecule has 1 N–H and O–H groups in total. The first-order valence-electron chi connectivity index (χ1n) is 5.42. The summed E-state index contributed by atoms with van der Waals surface area (Å²) in [4.78, 5) is 3.97. The van der Waals surface area contributed by atoms with E-state index in [0.717, 1.165) is 5.56 Å². The van der Waals surface area contributed by atoms with Crippen LogP contribution in [0.2, 0.25) is 10.4 Å². The van der Waals surface area contributed by atoms with E-state index in [1.807, 2.05) is 19.1 Å². The summed E-state index contributed by atoms with van der Waals surface area (Å²) in [6.45, 7) is 1.94. The molecular weight excluding hydrogens is 285 g/mol. The van der Waals surface area contributed by atoms with Crippen LogP contribution in [0, 0.1) is 11.3 Å². The molecule has 0 saturated carbocycles. The lowest BCUT2D eigenvalue weighted by molar-refractivity contribution is 0.858. The van der Waals surface area contributed by atoms with E-state index in [9.17, 15) is 0 Å². The van der Waals surface area contributed by atoms with Crippen LogP contribution in [0.3, 0.4) is 0 Å². The molecule has 0 fully saturated rings. The van der Waals surface area contributed by atoms with Gasteiger partial charge in [-0.1, -0.05) is 23.7 Å². The third kappa shape index (κ3) is 3.31. The molecule has 2 aromatic rings. The van der Waals surface area contributed by atoms with Crippen LogP contribution in [0.25, 0.3) is 0 Å². The van der Waals surface area contributed by atoms with Crippen molar-refractivity contribution in [3.05, 3.63) is 45.8 Å². The van der Waals surface area contributed by atoms with Gasteiger partial charge in [0, 0.05) is 0 Å². The molecule has 2 rings (SSSR count). The summed E-state index contributed by atoms with van der Waals surface area (Å²) in [7, 11) is 0.